The van der Waals surface area contributed by atoms with Crippen LogP contribution in [0, 0.1) is 0 Å². The van der Waals surface area contributed by atoms with Gasteiger partial charge < -0.3 is 4.74 Å². The Bertz CT molecular complexity index is 686. The predicted octanol–water partition coefficient (Wildman–Crippen LogP) is 4.27. The van der Waals surface area contributed by atoms with Crippen LogP contribution in [0.4, 0.5) is 0 Å². The first-order chi connectivity index (χ1) is 11.7. The SMILES string of the molecule is COc1ccc(C2N(CCl)CN(CCl)CN2CCl)c2ccccc12. The molecule has 0 spiro atoms. The van der Waals surface area contributed by atoms with Crippen molar-refractivity contribution in [2.75, 3.05) is 38.5 Å². The van der Waals surface area contributed by atoms with Crippen molar-refractivity contribution in [1.29, 1.82) is 0 Å². The van der Waals surface area contributed by atoms with E-state index >= 15 is 0 Å². The Hall–Kier alpha value is -0.750. The zero-order valence-corrected chi connectivity index (χ0v) is 15.7. The van der Waals surface area contributed by atoms with Gasteiger partial charge in [-0.15, -0.1) is 34.8 Å². The normalized spacial score (nSPS) is 18.3. The molecule has 1 aliphatic rings. The van der Waals surface area contributed by atoms with Crippen molar-refractivity contribution >= 4 is 45.6 Å². The maximum absolute atomic E-state index is 6.24. The van der Waals surface area contributed by atoms with Crippen molar-refractivity contribution in [2.24, 2.45) is 0 Å². The Morgan fingerprint density at radius 2 is 1.54 bits per heavy atom. The largest absolute Gasteiger partial charge is 0.496 e. The number of benzene rings is 2. The fraction of sp³-hybridized carbons (Fsp3) is 0.412. The lowest BCUT2D eigenvalue weighted by Gasteiger charge is -2.47. The summed E-state index contributed by atoms with van der Waals surface area (Å²) in [7, 11) is 1.69. The fourth-order valence-electron chi connectivity index (χ4n) is 3.32. The molecule has 0 atom stereocenters. The average Bonchev–Trinajstić information content (AvgIpc) is 2.66. The minimum Gasteiger partial charge on any atom is -0.496 e. The number of fused-ring (bicyclic) bond motifs is 1. The second kappa shape index (κ2) is 8.09. The van der Waals surface area contributed by atoms with Crippen molar-refractivity contribution < 1.29 is 4.74 Å². The maximum Gasteiger partial charge on any atom is 0.126 e. The van der Waals surface area contributed by atoms with E-state index in [0.29, 0.717) is 31.3 Å². The van der Waals surface area contributed by atoms with Crippen LogP contribution in [-0.4, -0.2) is 53.2 Å². The molecule has 7 heteroatoms. The quantitative estimate of drug-likeness (QED) is 0.562. The third-order valence-corrected chi connectivity index (χ3v) is 5.30. The summed E-state index contributed by atoms with van der Waals surface area (Å²) in [6.07, 6.45) is -0.00438. The van der Waals surface area contributed by atoms with Gasteiger partial charge in [0.05, 0.1) is 44.6 Å². The number of alkyl halides is 3. The lowest BCUT2D eigenvalue weighted by Crippen LogP contribution is -2.55. The average molecular weight is 389 g/mol. The van der Waals surface area contributed by atoms with Gasteiger partial charge in [0.1, 0.15) is 5.75 Å². The highest BCUT2D eigenvalue weighted by Gasteiger charge is 2.34. The van der Waals surface area contributed by atoms with Crippen molar-refractivity contribution in [2.45, 2.75) is 6.17 Å². The van der Waals surface area contributed by atoms with Crippen LogP contribution in [0.15, 0.2) is 36.4 Å². The maximum atomic E-state index is 6.24. The molecule has 1 heterocycles. The third-order valence-electron chi connectivity index (χ3n) is 4.35. The van der Waals surface area contributed by atoms with Gasteiger partial charge in [0.25, 0.3) is 0 Å². The van der Waals surface area contributed by atoms with E-state index < -0.39 is 0 Å². The fourth-order valence-corrected chi connectivity index (χ4v) is 3.88. The number of halogens is 3. The Morgan fingerprint density at radius 1 is 0.917 bits per heavy atom. The lowest BCUT2D eigenvalue weighted by molar-refractivity contribution is -0.0610. The Morgan fingerprint density at radius 3 is 2.08 bits per heavy atom. The van der Waals surface area contributed by atoms with Crippen LogP contribution in [0.25, 0.3) is 10.8 Å². The number of hydrogen-bond donors (Lipinski definition) is 0. The van der Waals surface area contributed by atoms with Crippen LogP contribution in [-0.2, 0) is 0 Å². The van der Waals surface area contributed by atoms with Crippen molar-refractivity contribution in [3.63, 3.8) is 0 Å². The summed E-state index contributed by atoms with van der Waals surface area (Å²) in [6.45, 7) is 1.40. The summed E-state index contributed by atoms with van der Waals surface area (Å²) in [5, 5.41) is 2.23. The molecule has 3 rings (SSSR count). The molecule has 0 radical (unpaired) electrons. The summed E-state index contributed by atoms with van der Waals surface area (Å²) >= 11 is 18.5. The summed E-state index contributed by atoms with van der Waals surface area (Å²) < 4.78 is 5.51. The molecule has 1 fully saturated rings. The van der Waals surface area contributed by atoms with Gasteiger partial charge in [-0.25, -0.2) is 0 Å². The Kier molecular flexibility index (Phi) is 6.08. The highest BCUT2D eigenvalue weighted by molar-refractivity contribution is 6.18. The molecular weight excluding hydrogens is 369 g/mol. The summed E-state index contributed by atoms with van der Waals surface area (Å²) in [5.74, 6) is 0.863. The molecule has 24 heavy (non-hydrogen) atoms. The highest BCUT2D eigenvalue weighted by atomic mass is 35.5. The minimum atomic E-state index is -0.00438. The molecular formula is C17H20Cl3N3O. The first-order valence-corrected chi connectivity index (χ1v) is 9.27. The second-order valence-electron chi connectivity index (χ2n) is 5.77. The van der Waals surface area contributed by atoms with E-state index in [1.165, 1.54) is 5.56 Å². The molecule has 4 nitrogen and oxygen atoms in total. The van der Waals surface area contributed by atoms with Crippen LogP contribution in [0.2, 0.25) is 0 Å². The zero-order chi connectivity index (χ0) is 17.1. The van der Waals surface area contributed by atoms with Crippen molar-refractivity contribution in [3.8, 4) is 5.75 Å². The van der Waals surface area contributed by atoms with E-state index in [1.807, 2.05) is 18.2 Å². The van der Waals surface area contributed by atoms with Gasteiger partial charge in [0.2, 0.25) is 0 Å². The molecule has 0 unspecified atom stereocenters. The molecule has 0 amide bonds. The number of hydrogen-bond acceptors (Lipinski definition) is 4. The zero-order valence-electron chi connectivity index (χ0n) is 13.5. The summed E-state index contributed by atoms with van der Waals surface area (Å²) in [4.78, 5) is 6.41. The van der Waals surface area contributed by atoms with E-state index in [4.69, 9.17) is 39.5 Å². The summed E-state index contributed by atoms with van der Waals surface area (Å²) in [6, 6.07) is 13.6. The topological polar surface area (TPSA) is 19.0 Å². The van der Waals surface area contributed by atoms with Crippen LogP contribution < -0.4 is 4.74 Å². The molecule has 0 aromatic heterocycles. The van der Waals surface area contributed by atoms with E-state index in [2.05, 4.69) is 32.9 Å². The van der Waals surface area contributed by atoms with Gasteiger partial charge in [-0.3, -0.25) is 14.7 Å². The van der Waals surface area contributed by atoms with Crippen LogP contribution in [0.1, 0.15) is 11.7 Å². The molecule has 0 saturated carbocycles. The molecule has 0 N–H and O–H groups in total. The Balaban J connectivity index is 2.10. The van der Waals surface area contributed by atoms with Gasteiger partial charge in [-0.1, -0.05) is 30.3 Å². The van der Waals surface area contributed by atoms with Crippen LogP contribution in [0.3, 0.4) is 0 Å². The number of methoxy groups -OCH3 is 1. The predicted molar refractivity (Wildman–Crippen MR) is 101 cm³/mol. The number of ether oxygens (including phenoxy) is 1. The van der Waals surface area contributed by atoms with Crippen LogP contribution in [0.5, 0.6) is 5.75 Å². The minimum absolute atomic E-state index is 0.00438. The van der Waals surface area contributed by atoms with Crippen molar-refractivity contribution in [1.82, 2.24) is 14.7 Å². The van der Waals surface area contributed by atoms with Gasteiger partial charge in [0, 0.05) is 5.39 Å². The monoisotopic (exact) mass is 387 g/mol. The summed E-state index contributed by atoms with van der Waals surface area (Å²) in [5.41, 5.74) is 1.17. The molecule has 1 aliphatic heterocycles. The third kappa shape index (κ3) is 3.32. The molecule has 2 aromatic carbocycles. The molecule has 1 saturated heterocycles. The number of rotatable bonds is 5. The van der Waals surface area contributed by atoms with Crippen LogP contribution >= 0.6 is 34.8 Å². The molecule has 130 valence electrons. The second-order valence-corrected chi connectivity index (χ2v) is 6.48. The van der Waals surface area contributed by atoms with Gasteiger partial charge in [0.15, 0.2) is 0 Å². The molecule has 2 aromatic rings. The Labute approximate surface area is 157 Å². The van der Waals surface area contributed by atoms with Crippen molar-refractivity contribution in [3.05, 3.63) is 42.0 Å². The first-order valence-electron chi connectivity index (χ1n) is 7.67. The molecule has 0 aliphatic carbocycles. The number of nitrogens with zero attached hydrogens (tertiary/aromatic N) is 3. The van der Waals surface area contributed by atoms with E-state index in [-0.39, 0.29) is 6.17 Å². The molecule has 0 bridgehead atoms. The van der Waals surface area contributed by atoms with Gasteiger partial charge in [-0.05, 0) is 17.0 Å². The van der Waals surface area contributed by atoms with Gasteiger partial charge in [-0.2, -0.15) is 0 Å². The standard InChI is InChI=1S/C17H20Cl3N3O/c1-24-16-7-6-15(13-4-2-3-5-14(13)16)17-22(9-19)11-21(8-18)12-23(17)10-20/h2-7,17H,8-12H2,1H3. The highest BCUT2D eigenvalue weighted by Crippen LogP contribution is 2.37. The smallest absolute Gasteiger partial charge is 0.126 e. The van der Waals surface area contributed by atoms with E-state index in [1.54, 1.807) is 7.11 Å². The lowest BCUT2D eigenvalue weighted by atomic mass is 10.00. The van der Waals surface area contributed by atoms with E-state index in [9.17, 15) is 0 Å². The van der Waals surface area contributed by atoms with E-state index in [0.717, 1.165) is 16.5 Å². The van der Waals surface area contributed by atoms with Gasteiger partial charge >= 0.3 is 0 Å². The first kappa shape index (κ1) is 18.1.